The molecule has 0 spiro atoms. The van der Waals surface area contributed by atoms with Crippen LogP contribution in [-0.4, -0.2) is 25.3 Å². The first-order chi connectivity index (χ1) is 10.1. The zero-order valence-electron chi connectivity index (χ0n) is 12.1. The number of rotatable bonds is 4. The van der Waals surface area contributed by atoms with E-state index < -0.39 is 5.97 Å². The summed E-state index contributed by atoms with van der Waals surface area (Å²) in [5, 5.41) is 20.1. The number of aromatic carboxylic acids is 1. The molecular weight excluding hydrogens is 270 g/mol. The summed E-state index contributed by atoms with van der Waals surface area (Å²) in [5.41, 5.74) is 1.01. The lowest BCUT2D eigenvalue weighted by Gasteiger charge is -2.17. The number of hydrogen-bond donors (Lipinski definition) is 1. The minimum absolute atomic E-state index is 0.0137. The van der Waals surface area contributed by atoms with E-state index in [-0.39, 0.29) is 16.9 Å². The van der Waals surface area contributed by atoms with E-state index in [1.807, 2.05) is 19.1 Å². The molecule has 0 unspecified atom stereocenters. The molecule has 0 bridgehead atoms. The molecule has 5 heteroatoms. The molecular formula is C16H15NO4. The fourth-order valence-corrected chi connectivity index (χ4v) is 2.57. The molecule has 0 saturated heterocycles. The number of aryl methyl sites for hydroxylation is 1. The van der Waals surface area contributed by atoms with E-state index in [0.717, 1.165) is 5.56 Å². The summed E-state index contributed by atoms with van der Waals surface area (Å²) in [6.45, 7) is 1.96. The third-order valence-corrected chi connectivity index (χ3v) is 3.44. The van der Waals surface area contributed by atoms with Crippen molar-refractivity contribution in [2.24, 2.45) is 0 Å². The lowest BCUT2D eigenvalue weighted by atomic mass is 9.94. The molecule has 2 rings (SSSR count). The van der Waals surface area contributed by atoms with E-state index in [2.05, 4.69) is 0 Å². The smallest absolute Gasteiger partial charge is 0.340 e. The Morgan fingerprint density at radius 1 is 1.29 bits per heavy atom. The van der Waals surface area contributed by atoms with E-state index in [1.54, 1.807) is 12.1 Å². The number of ether oxygens (including phenoxy) is 2. The van der Waals surface area contributed by atoms with Crippen molar-refractivity contribution in [3.05, 3.63) is 34.9 Å². The molecule has 0 heterocycles. The first kappa shape index (κ1) is 14.7. The molecule has 0 amide bonds. The van der Waals surface area contributed by atoms with Gasteiger partial charge in [0.1, 0.15) is 22.9 Å². The molecule has 21 heavy (non-hydrogen) atoms. The maximum atomic E-state index is 11.6. The third kappa shape index (κ3) is 2.15. The van der Waals surface area contributed by atoms with Crippen molar-refractivity contribution in [1.29, 1.82) is 5.26 Å². The summed E-state index contributed by atoms with van der Waals surface area (Å²) in [4.78, 5) is 11.6. The summed E-state index contributed by atoms with van der Waals surface area (Å²) < 4.78 is 10.5. The normalized spacial score (nSPS) is 10.2. The summed E-state index contributed by atoms with van der Waals surface area (Å²) in [6.07, 6.45) is 0.698. The zero-order valence-corrected chi connectivity index (χ0v) is 12.1. The Morgan fingerprint density at radius 2 is 1.95 bits per heavy atom. The summed E-state index contributed by atoms with van der Waals surface area (Å²) in [5.74, 6) is -0.751. The zero-order chi connectivity index (χ0) is 15.6. The Labute approximate surface area is 122 Å². The van der Waals surface area contributed by atoms with Gasteiger partial charge in [0.15, 0.2) is 5.75 Å². The van der Waals surface area contributed by atoms with Gasteiger partial charge < -0.3 is 14.6 Å². The number of nitrogens with zero attached hydrogens (tertiary/aromatic N) is 1. The van der Waals surface area contributed by atoms with Crippen LogP contribution >= 0.6 is 0 Å². The Bertz CT molecular complexity index is 759. The van der Waals surface area contributed by atoms with E-state index in [4.69, 9.17) is 9.47 Å². The molecule has 0 aliphatic heterocycles. The first-order valence-electron chi connectivity index (χ1n) is 6.43. The highest BCUT2D eigenvalue weighted by Crippen LogP contribution is 2.42. The molecule has 1 N–H and O–H groups in total. The summed E-state index contributed by atoms with van der Waals surface area (Å²) in [7, 11) is 2.81. The van der Waals surface area contributed by atoms with Gasteiger partial charge in [0.2, 0.25) is 0 Å². The van der Waals surface area contributed by atoms with E-state index >= 15 is 0 Å². The summed E-state index contributed by atoms with van der Waals surface area (Å²) in [6, 6.07) is 7.37. The van der Waals surface area contributed by atoms with Crippen LogP contribution in [-0.2, 0) is 6.42 Å². The largest absolute Gasteiger partial charge is 0.495 e. The minimum Gasteiger partial charge on any atom is -0.495 e. The van der Waals surface area contributed by atoms with Crippen molar-refractivity contribution in [3.8, 4) is 17.6 Å². The highest BCUT2D eigenvalue weighted by atomic mass is 16.5. The number of methoxy groups -OCH3 is 2. The quantitative estimate of drug-likeness (QED) is 0.934. The second-order valence-electron chi connectivity index (χ2n) is 4.43. The Hall–Kier alpha value is -2.74. The SMILES string of the molecule is CCc1cccc2c(C(=O)O)c(OC)c(C#N)c(OC)c12. The van der Waals surface area contributed by atoms with Gasteiger partial charge in [0.05, 0.1) is 14.2 Å². The van der Waals surface area contributed by atoms with Crippen LogP contribution in [0.25, 0.3) is 10.8 Å². The molecule has 108 valence electrons. The van der Waals surface area contributed by atoms with Gasteiger partial charge in [0, 0.05) is 10.8 Å². The van der Waals surface area contributed by atoms with Crippen molar-refractivity contribution in [2.75, 3.05) is 14.2 Å². The van der Waals surface area contributed by atoms with Gasteiger partial charge >= 0.3 is 5.97 Å². The number of fused-ring (bicyclic) bond motifs is 1. The average Bonchev–Trinajstić information content (AvgIpc) is 2.50. The van der Waals surface area contributed by atoms with Crippen molar-refractivity contribution >= 4 is 16.7 Å². The Morgan fingerprint density at radius 3 is 2.43 bits per heavy atom. The molecule has 0 aromatic heterocycles. The molecule has 5 nitrogen and oxygen atoms in total. The second-order valence-corrected chi connectivity index (χ2v) is 4.43. The van der Waals surface area contributed by atoms with Crippen molar-refractivity contribution in [2.45, 2.75) is 13.3 Å². The predicted molar refractivity (Wildman–Crippen MR) is 78.1 cm³/mol. The highest BCUT2D eigenvalue weighted by molar-refractivity contribution is 6.10. The maximum Gasteiger partial charge on any atom is 0.340 e. The van der Waals surface area contributed by atoms with E-state index in [1.165, 1.54) is 14.2 Å². The number of carboxylic acids is 1. The number of carboxylic acid groups (broad SMARTS) is 1. The van der Waals surface area contributed by atoms with Crippen LogP contribution in [0.15, 0.2) is 18.2 Å². The molecule has 2 aromatic rings. The average molecular weight is 285 g/mol. The third-order valence-electron chi connectivity index (χ3n) is 3.44. The maximum absolute atomic E-state index is 11.6. The van der Waals surface area contributed by atoms with Crippen molar-refractivity contribution < 1.29 is 19.4 Å². The number of benzene rings is 2. The molecule has 0 radical (unpaired) electrons. The fraction of sp³-hybridized carbons (Fsp3) is 0.250. The van der Waals surface area contributed by atoms with Crippen LogP contribution in [0.4, 0.5) is 0 Å². The van der Waals surface area contributed by atoms with Gasteiger partial charge in [-0.15, -0.1) is 0 Å². The van der Waals surface area contributed by atoms with Crippen LogP contribution in [0.1, 0.15) is 28.4 Å². The highest BCUT2D eigenvalue weighted by Gasteiger charge is 2.26. The van der Waals surface area contributed by atoms with E-state index in [9.17, 15) is 15.2 Å². The Balaban J connectivity index is 3.14. The van der Waals surface area contributed by atoms with Crippen molar-refractivity contribution in [3.63, 3.8) is 0 Å². The van der Waals surface area contributed by atoms with Crippen LogP contribution in [0.3, 0.4) is 0 Å². The lowest BCUT2D eigenvalue weighted by molar-refractivity contribution is 0.0695. The topological polar surface area (TPSA) is 79.5 Å². The standard InChI is InChI=1S/C16H15NO4/c1-4-9-6-5-7-10-12(9)14(20-2)11(8-17)15(21-3)13(10)16(18)19/h5-7H,4H2,1-3H3,(H,18,19). The Kier molecular flexibility index (Phi) is 3.99. The number of nitriles is 1. The van der Waals surface area contributed by atoms with Gasteiger partial charge in [0.25, 0.3) is 0 Å². The number of hydrogen-bond acceptors (Lipinski definition) is 4. The lowest BCUT2D eigenvalue weighted by Crippen LogP contribution is -2.06. The monoisotopic (exact) mass is 285 g/mol. The second kappa shape index (κ2) is 5.71. The molecule has 0 aliphatic carbocycles. The van der Waals surface area contributed by atoms with Gasteiger partial charge in [-0.25, -0.2) is 4.79 Å². The minimum atomic E-state index is -1.13. The van der Waals surface area contributed by atoms with Gasteiger partial charge in [-0.05, 0) is 12.0 Å². The molecule has 0 atom stereocenters. The first-order valence-corrected chi connectivity index (χ1v) is 6.43. The van der Waals surface area contributed by atoms with Gasteiger partial charge in [-0.3, -0.25) is 0 Å². The fourth-order valence-electron chi connectivity index (χ4n) is 2.57. The molecule has 0 aliphatic rings. The summed E-state index contributed by atoms with van der Waals surface area (Å²) >= 11 is 0. The van der Waals surface area contributed by atoms with Gasteiger partial charge in [-0.1, -0.05) is 25.1 Å². The van der Waals surface area contributed by atoms with Crippen LogP contribution in [0.2, 0.25) is 0 Å². The number of carbonyl (C=O) groups is 1. The van der Waals surface area contributed by atoms with Crippen LogP contribution in [0, 0.1) is 11.3 Å². The van der Waals surface area contributed by atoms with Gasteiger partial charge in [-0.2, -0.15) is 5.26 Å². The van der Waals surface area contributed by atoms with E-state index in [0.29, 0.717) is 22.9 Å². The van der Waals surface area contributed by atoms with Crippen LogP contribution in [0.5, 0.6) is 11.5 Å². The molecule has 0 saturated carbocycles. The molecule has 0 fully saturated rings. The predicted octanol–water partition coefficient (Wildman–Crippen LogP) is 2.99. The van der Waals surface area contributed by atoms with Crippen molar-refractivity contribution in [1.82, 2.24) is 0 Å². The molecule has 2 aromatic carbocycles. The van der Waals surface area contributed by atoms with Crippen LogP contribution < -0.4 is 9.47 Å².